The Labute approximate surface area is 214 Å². The molecule has 2 aliphatic heterocycles. The number of hydrogen-bond donors (Lipinski definition) is 3. The molecule has 5 rings (SSSR count). The van der Waals surface area contributed by atoms with Crippen molar-refractivity contribution in [2.24, 2.45) is 0 Å². The molecule has 3 N–H and O–H groups in total. The van der Waals surface area contributed by atoms with Gasteiger partial charge in [0.2, 0.25) is 0 Å². The predicted molar refractivity (Wildman–Crippen MR) is 141 cm³/mol. The van der Waals surface area contributed by atoms with E-state index in [4.69, 9.17) is 16.3 Å². The van der Waals surface area contributed by atoms with Crippen molar-refractivity contribution in [1.82, 2.24) is 5.32 Å². The molecular weight excluding hydrogens is 480 g/mol. The van der Waals surface area contributed by atoms with Crippen LogP contribution in [-0.4, -0.2) is 36.3 Å². The van der Waals surface area contributed by atoms with Crippen molar-refractivity contribution in [3.8, 4) is 0 Å². The third-order valence-corrected chi connectivity index (χ3v) is 8.04. The SMILES string of the molecule is O=C1NC(C(c2ccccc2)c2ccc(NC3CCOCC3)cc2)C(O)=C1Sc1ccccc1Cl. The van der Waals surface area contributed by atoms with Gasteiger partial charge in [0.05, 0.1) is 11.1 Å². The first-order valence-electron chi connectivity index (χ1n) is 11.8. The number of aliphatic hydroxyl groups excluding tert-OH is 1. The summed E-state index contributed by atoms with van der Waals surface area (Å²) in [5, 5.41) is 18.4. The monoisotopic (exact) mass is 506 g/mol. The zero-order valence-corrected chi connectivity index (χ0v) is 20.7. The summed E-state index contributed by atoms with van der Waals surface area (Å²) in [6.45, 7) is 1.57. The van der Waals surface area contributed by atoms with Gasteiger partial charge in [0.1, 0.15) is 10.7 Å². The second-order valence-electron chi connectivity index (χ2n) is 8.74. The van der Waals surface area contributed by atoms with E-state index in [-0.39, 0.29) is 22.5 Å². The van der Waals surface area contributed by atoms with E-state index < -0.39 is 6.04 Å². The van der Waals surface area contributed by atoms with E-state index in [1.807, 2.05) is 48.5 Å². The molecule has 5 nitrogen and oxygen atoms in total. The number of amides is 1. The van der Waals surface area contributed by atoms with Crippen molar-refractivity contribution in [3.63, 3.8) is 0 Å². The maximum Gasteiger partial charge on any atom is 0.262 e. The van der Waals surface area contributed by atoms with Gasteiger partial charge >= 0.3 is 0 Å². The summed E-state index contributed by atoms with van der Waals surface area (Å²) in [6, 6.07) is 25.4. The van der Waals surface area contributed by atoms with E-state index in [0.29, 0.717) is 11.1 Å². The highest BCUT2D eigenvalue weighted by Gasteiger charge is 2.39. The number of hydrogen-bond acceptors (Lipinski definition) is 5. The maximum absolute atomic E-state index is 12.9. The number of aliphatic hydroxyl groups is 1. The Bertz CT molecular complexity index is 1210. The average Bonchev–Trinajstić information content (AvgIpc) is 3.16. The summed E-state index contributed by atoms with van der Waals surface area (Å²) in [7, 11) is 0. The number of rotatable bonds is 7. The highest BCUT2D eigenvalue weighted by molar-refractivity contribution is 8.04. The third-order valence-electron chi connectivity index (χ3n) is 6.42. The summed E-state index contributed by atoms with van der Waals surface area (Å²) in [6.07, 6.45) is 1.99. The number of carbonyl (C=O) groups is 1. The minimum atomic E-state index is -0.579. The second-order valence-corrected chi connectivity index (χ2v) is 10.2. The van der Waals surface area contributed by atoms with E-state index in [0.717, 1.165) is 47.8 Å². The molecule has 1 saturated heterocycles. The summed E-state index contributed by atoms with van der Waals surface area (Å²) in [5.41, 5.74) is 3.07. The van der Waals surface area contributed by atoms with E-state index in [1.165, 1.54) is 11.8 Å². The van der Waals surface area contributed by atoms with Crippen LogP contribution >= 0.6 is 23.4 Å². The van der Waals surface area contributed by atoms with Gasteiger partial charge in [-0.25, -0.2) is 0 Å². The van der Waals surface area contributed by atoms with Gasteiger partial charge in [0.15, 0.2) is 0 Å². The average molecular weight is 507 g/mol. The Hall–Kier alpha value is -2.93. The van der Waals surface area contributed by atoms with Gasteiger partial charge in [0, 0.05) is 35.8 Å². The largest absolute Gasteiger partial charge is 0.509 e. The molecule has 0 spiro atoms. The number of ether oxygens (including phenoxy) is 1. The highest BCUT2D eigenvalue weighted by Crippen LogP contribution is 2.41. The second kappa shape index (κ2) is 10.8. The number of anilines is 1. The minimum absolute atomic E-state index is 0.0400. The molecule has 1 amide bonds. The summed E-state index contributed by atoms with van der Waals surface area (Å²) < 4.78 is 5.45. The van der Waals surface area contributed by atoms with Crippen molar-refractivity contribution in [2.45, 2.75) is 35.7 Å². The van der Waals surface area contributed by atoms with Crippen LogP contribution in [0.2, 0.25) is 5.02 Å². The molecular formula is C28H27ClN2O3S. The lowest BCUT2D eigenvalue weighted by molar-refractivity contribution is -0.116. The fourth-order valence-electron chi connectivity index (χ4n) is 4.61. The van der Waals surface area contributed by atoms with Crippen LogP contribution in [-0.2, 0) is 9.53 Å². The predicted octanol–water partition coefficient (Wildman–Crippen LogP) is 6.12. The standard InChI is InChI=1S/C28H27ClN2O3S/c29-22-8-4-5-9-23(22)35-27-26(32)25(31-28(27)33)24(18-6-2-1-3-7-18)19-10-12-20(13-11-19)30-21-14-16-34-17-15-21/h1-13,21,24-25,30,32H,14-17H2,(H,31,33). The lowest BCUT2D eigenvalue weighted by Gasteiger charge is -2.26. The molecule has 2 heterocycles. The molecule has 0 radical (unpaired) electrons. The molecule has 3 aromatic carbocycles. The van der Waals surface area contributed by atoms with Crippen molar-refractivity contribution in [1.29, 1.82) is 0 Å². The van der Waals surface area contributed by atoms with E-state index >= 15 is 0 Å². The summed E-state index contributed by atoms with van der Waals surface area (Å²) in [4.78, 5) is 13.9. The Kier molecular flexibility index (Phi) is 7.32. The highest BCUT2D eigenvalue weighted by atomic mass is 35.5. The molecule has 0 saturated carbocycles. The number of halogens is 1. The molecule has 2 atom stereocenters. The van der Waals surface area contributed by atoms with Crippen LogP contribution in [0.4, 0.5) is 5.69 Å². The van der Waals surface area contributed by atoms with Crippen LogP contribution in [0.1, 0.15) is 29.9 Å². The Balaban J connectivity index is 1.44. The molecule has 0 bridgehead atoms. The van der Waals surface area contributed by atoms with Crippen molar-refractivity contribution in [2.75, 3.05) is 18.5 Å². The number of benzene rings is 3. The first-order valence-corrected chi connectivity index (χ1v) is 12.9. The minimum Gasteiger partial charge on any atom is -0.509 e. The van der Waals surface area contributed by atoms with Gasteiger partial charge in [0.25, 0.3) is 5.91 Å². The molecule has 1 fully saturated rings. The van der Waals surface area contributed by atoms with Crippen LogP contribution < -0.4 is 10.6 Å². The number of thioether (sulfide) groups is 1. The van der Waals surface area contributed by atoms with Crippen LogP contribution in [0.25, 0.3) is 0 Å². The van der Waals surface area contributed by atoms with Crippen molar-refractivity contribution < 1.29 is 14.6 Å². The molecule has 3 aromatic rings. The zero-order valence-electron chi connectivity index (χ0n) is 19.1. The summed E-state index contributed by atoms with van der Waals surface area (Å²) >= 11 is 7.50. The first-order chi connectivity index (χ1) is 17.1. The van der Waals surface area contributed by atoms with Crippen molar-refractivity contribution in [3.05, 3.63) is 106 Å². The lowest BCUT2D eigenvalue weighted by atomic mass is 9.84. The molecule has 0 aromatic heterocycles. The molecule has 7 heteroatoms. The van der Waals surface area contributed by atoms with Gasteiger partial charge in [-0.15, -0.1) is 0 Å². The lowest BCUT2D eigenvalue weighted by Crippen LogP contribution is -2.35. The van der Waals surface area contributed by atoms with Crippen LogP contribution in [0.15, 0.2) is 94.4 Å². The molecule has 0 aliphatic carbocycles. The molecule has 180 valence electrons. The number of nitrogens with one attached hydrogen (secondary N) is 2. The van der Waals surface area contributed by atoms with Gasteiger partial charge in [-0.3, -0.25) is 4.79 Å². The zero-order chi connectivity index (χ0) is 24.2. The van der Waals surface area contributed by atoms with Crippen LogP contribution in [0, 0.1) is 0 Å². The van der Waals surface area contributed by atoms with Crippen LogP contribution in [0.3, 0.4) is 0 Å². The topological polar surface area (TPSA) is 70.6 Å². The fraction of sp³-hybridized carbons (Fsp3) is 0.250. The number of carbonyl (C=O) groups excluding carboxylic acids is 1. The van der Waals surface area contributed by atoms with Crippen LogP contribution in [0.5, 0.6) is 0 Å². The van der Waals surface area contributed by atoms with E-state index in [9.17, 15) is 9.90 Å². The Morgan fingerprint density at radius 2 is 1.60 bits per heavy atom. The molecule has 35 heavy (non-hydrogen) atoms. The Morgan fingerprint density at radius 3 is 2.31 bits per heavy atom. The quantitative estimate of drug-likeness (QED) is 0.360. The maximum atomic E-state index is 12.9. The van der Waals surface area contributed by atoms with Crippen molar-refractivity contribution >= 4 is 35.0 Å². The van der Waals surface area contributed by atoms with Gasteiger partial charge in [-0.1, -0.05) is 78.0 Å². The fourth-order valence-corrected chi connectivity index (χ4v) is 5.78. The Morgan fingerprint density at radius 1 is 0.943 bits per heavy atom. The van der Waals surface area contributed by atoms with Gasteiger partial charge in [-0.05, 0) is 48.2 Å². The third kappa shape index (κ3) is 5.35. The van der Waals surface area contributed by atoms with Gasteiger partial charge < -0.3 is 20.5 Å². The van der Waals surface area contributed by atoms with E-state index in [2.05, 4.69) is 34.9 Å². The normalized spacial score (nSPS) is 19.5. The molecule has 2 aliphatic rings. The summed E-state index contributed by atoms with van der Waals surface area (Å²) in [5.74, 6) is -0.504. The van der Waals surface area contributed by atoms with E-state index in [1.54, 1.807) is 6.07 Å². The smallest absolute Gasteiger partial charge is 0.262 e. The molecule has 2 unspecified atom stereocenters. The van der Waals surface area contributed by atoms with Gasteiger partial charge in [-0.2, -0.15) is 0 Å². The first kappa shape index (κ1) is 23.8.